The number of benzene rings is 2. The Morgan fingerprint density at radius 2 is 1.55 bits per heavy atom. The lowest BCUT2D eigenvalue weighted by Gasteiger charge is -2.10. The van der Waals surface area contributed by atoms with Crippen molar-refractivity contribution in [2.75, 3.05) is 17.2 Å². The van der Waals surface area contributed by atoms with Crippen LogP contribution in [0.2, 0.25) is 0 Å². The Labute approximate surface area is 175 Å². The van der Waals surface area contributed by atoms with Crippen molar-refractivity contribution in [1.82, 2.24) is 5.32 Å². The number of anilines is 2. The van der Waals surface area contributed by atoms with E-state index in [1.807, 2.05) is 0 Å². The summed E-state index contributed by atoms with van der Waals surface area (Å²) in [5.41, 5.74) is 0.172. The Bertz CT molecular complexity index is 1000. The highest BCUT2D eigenvalue weighted by Crippen LogP contribution is 2.30. The van der Waals surface area contributed by atoms with Crippen LogP contribution in [0.15, 0.2) is 71.3 Å². The average molecular weight is 433 g/mol. The number of hydrogen-bond acceptors (Lipinski definition) is 4. The van der Waals surface area contributed by atoms with E-state index in [-0.39, 0.29) is 18.9 Å². The second-order valence-electron chi connectivity index (χ2n) is 6.32. The monoisotopic (exact) mass is 433 g/mol. The van der Waals surface area contributed by atoms with Gasteiger partial charge in [0, 0.05) is 11.4 Å². The number of ether oxygens (including phenoxy) is 1. The van der Waals surface area contributed by atoms with Gasteiger partial charge in [0.15, 0.2) is 6.61 Å². The summed E-state index contributed by atoms with van der Waals surface area (Å²) in [5.74, 6) is 0.270. The van der Waals surface area contributed by atoms with Crippen LogP contribution < -0.4 is 20.7 Å². The second kappa shape index (κ2) is 9.70. The number of urea groups is 1. The maximum atomic E-state index is 12.5. The van der Waals surface area contributed by atoms with Gasteiger partial charge in [-0.15, -0.1) is 0 Å². The van der Waals surface area contributed by atoms with Crippen molar-refractivity contribution in [3.8, 4) is 5.75 Å². The molecule has 2 aromatic carbocycles. The molecule has 1 aromatic heterocycles. The first-order chi connectivity index (χ1) is 14.8. The number of hydrogen-bond donors (Lipinski definition) is 3. The highest BCUT2D eigenvalue weighted by molar-refractivity contribution is 5.93. The third-order valence-corrected chi connectivity index (χ3v) is 3.98. The summed E-state index contributed by atoms with van der Waals surface area (Å²) >= 11 is 0. The van der Waals surface area contributed by atoms with Crippen LogP contribution in [0.3, 0.4) is 0 Å². The van der Waals surface area contributed by atoms with E-state index in [0.29, 0.717) is 17.1 Å². The molecule has 0 saturated carbocycles. The molecule has 7 nitrogen and oxygen atoms in total. The quantitative estimate of drug-likeness (QED) is 0.506. The molecular weight excluding hydrogens is 415 g/mol. The lowest BCUT2D eigenvalue weighted by Crippen LogP contribution is -2.28. The number of alkyl halides is 3. The summed E-state index contributed by atoms with van der Waals surface area (Å²) in [6.07, 6.45) is -2.92. The lowest BCUT2D eigenvalue weighted by atomic mass is 10.2. The van der Waals surface area contributed by atoms with Crippen molar-refractivity contribution in [1.29, 1.82) is 0 Å². The van der Waals surface area contributed by atoms with Crippen molar-refractivity contribution in [2.45, 2.75) is 12.7 Å². The van der Waals surface area contributed by atoms with Gasteiger partial charge in [0.2, 0.25) is 0 Å². The van der Waals surface area contributed by atoms with Gasteiger partial charge in [0.1, 0.15) is 11.5 Å². The zero-order chi connectivity index (χ0) is 22.3. The van der Waals surface area contributed by atoms with E-state index in [1.54, 1.807) is 36.4 Å². The van der Waals surface area contributed by atoms with Gasteiger partial charge in [0.05, 0.1) is 18.4 Å². The molecular formula is C21H18F3N3O4. The Morgan fingerprint density at radius 3 is 2.13 bits per heavy atom. The number of amides is 3. The molecule has 10 heteroatoms. The summed E-state index contributed by atoms with van der Waals surface area (Å²) in [6, 6.07) is 13.4. The normalized spacial score (nSPS) is 10.9. The summed E-state index contributed by atoms with van der Waals surface area (Å²) < 4.78 is 47.9. The minimum Gasteiger partial charge on any atom is -0.484 e. The number of rotatable bonds is 7. The predicted octanol–water partition coefficient (Wildman–Crippen LogP) is 4.64. The Morgan fingerprint density at radius 1 is 0.903 bits per heavy atom. The van der Waals surface area contributed by atoms with Gasteiger partial charge < -0.3 is 25.1 Å². The standard InChI is InChI=1S/C21H18F3N3O4/c22-21(23,24)14-3-9-17(10-4-14)31-13-19(28)26-15-5-7-16(8-6-15)27-20(29)25-12-18-2-1-11-30-18/h1-11H,12-13H2,(H,26,28)(H2,25,27,29). The zero-order valence-corrected chi connectivity index (χ0v) is 16.0. The predicted molar refractivity (Wildman–Crippen MR) is 107 cm³/mol. The van der Waals surface area contributed by atoms with Crippen molar-refractivity contribution in [3.63, 3.8) is 0 Å². The van der Waals surface area contributed by atoms with Crippen LogP contribution in [-0.4, -0.2) is 18.5 Å². The SMILES string of the molecule is O=C(COc1ccc(C(F)(F)F)cc1)Nc1ccc(NC(=O)NCc2ccco2)cc1. The fourth-order valence-corrected chi connectivity index (χ4v) is 2.48. The number of carbonyl (C=O) groups excluding carboxylic acids is 2. The molecule has 3 amide bonds. The fourth-order valence-electron chi connectivity index (χ4n) is 2.48. The molecule has 0 bridgehead atoms. The number of furan rings is 1. The van der Waals surface area contributed by atoms with E-state index >= 15 is 0 Å². The molecule has 0 atom stereocenters. The average Bonchev–Trinajstić information content (AvgIpc) is 3.26. The maximum Gasteiger partial charge on any atom is 0.416 e. The van der Waals surface area contributed by atoms with Crippen LogP contribution in [0.25, 0.3) is 0 Å². The van der Waals surface area contributed by atoms with E-state index < -0.39 is 23.7 Å². The molecule has 0 spiro atoms. The van der Waals surface area contributed by atoms with Gasteiger partial charge in [-0.1, -0.05) is 0 Å². The first kappa shape index (κ1) is 21.8. The third-order valence-electron chi connectivity index (χ3n) is 3.98. The highest BCUT2D eigenvalue weighted by atomic mass is 19.4. The van der Waals surface area contributed by atoms with E-state index in [4.69, 9.17) is 9.15 Å². The van der Waals surface area contributed by atoms with Crippen LogP contribution in [-0.2, 0) is 17.5 Å². The van der Waals surface area contributed by atoms with Crippen LogP contribution in [0.5, 0.6) is 5.75 Å². The lowest BCUT2D eigenvalue weighted by molar-refractivity contribution is -0.137. The van der Waals surface area contributed by atoms with Crippen LogP contribution in [0.1, 0.15) is 11.3 Å². The molecule has 1 heterocycles. The van der Waals surface area contributed by atoms with Crippen molar-refractivity contribution in [2.24, 2.45) is 0 Å². The maximum absolute atomic E-state index is 12.5. The van der Waals surface area contributed by atoms with Gasteiger partial charge in [-0.2, -0.15) is 13.2 Å². The van der Waals surface area contributed by atoms with Gasteiger partial charge in [-0.05, 0) is 60.7 Å². The van der Waals surface area contributed by atoms with Gasteiger partial charge in [-0.3, -0.25) is 4.79 Å². The fraction of sp³-hybridized carbons (Fsp3) is 0.143. The third kappa shape index (κ3) is 6.81. The molecule has 0 aliphatic carbocycles. The van der Waals surface area contributed by atoms with Crippen LogP contribution in [0, 0.1) is 0 Å². The minimum absolute atomic E-state index is 0.142. The topological polar surface area (TPSA) is 92.6 Å². The minimum atomic E-state index is -4.43. The first-order valence-electron chi connectivity index (χ1n) is 9.07. The molecule has 0 unspecified atom stereocenters. The largest absolute Gasteiger partial charge is 0.484 e. The molecule has 0 saturated heterocycles. The number of nitrogens with one attached hydrogen (secondary N) is 3. The van der Waals surface area contributed by atoms with E-state index in [1.165, 1.54) is 6.26 Å². The molecule has 0 aliphatic rings. The molecule has 3 rings (SSSR count). The van der Waals surface area contributed by atoms with Gasteiger partial charge in [-0.25, -0.2) is 4.79 Å². The van der Waals surface area contributed by atoms with Gasteiger partial charge in [0.25, 0.3) is 5.91 Å². The smallest absolute Gasteiger partial charge is 0.416 e. The van der Waals surface area contributed by atoms with E-state index in [0.717, 1.165) is 24.3 Å². The molecule has 0 aliphatic heterocycles. The molecule has 3 N–H and O–H groups in total. The molecule has 162 valence electrons. The van der Waals surface area contributed by atoms with Crippen molar-refractivity contribution in [3.05, 3.63) is 78.3 Å². The Kier molecular flexibility index (Phi) is 6.81. The Hall–Kier alpha value is -3.95. The van der Waals surface area contributed by atoms with Crippen LogP contribution >= 0.6 is 0 Å². The van der Waals surface area contributed by atoms with Crippen molar-refractivity contribution < 1.29 is 31.9 Å². The highest BCUT2D eigenvalue weighted by Gasteiger charge is 2.30. The van der Waals surface area contributed by atoms with Gasteiger partial charge >= 0.3 is 12.2 Å². The zero-order valence-electron chi connectivity index (χ0n) is 16.0. The summed E-state index contributed by atoms with van der Waals surface area (Å²) in [7, 11) is 0. The second-order valence-corrected chi connectivity index (χ2v) is 6.32. The first-order valence-corrected chi connectivity index (χ1v) is 9.07. The number of halogens is 3. The molecule has 31 heavy (non-hydrogen) atoms. The summed E-state index contributed by atoms with van der Waals surface area (Å²) in [6.45, 7) is -0.132. The van der Waals surface area contributed by atoms with E-state index in [2.05, 4.69) is 16.0 Å². The molecule has 3 aromatic rings. The Balaban J connectivity index is 1.42. The molecule has 0 fully saturated rings. The summed E-state index contributed by atoms with van der Waals surface area (Å²) in [5, 5.41) is 7.86. The van der Waals surface area contributed by atoms with Crippen molar-refractivity contribution >= 4 is 23.3 Å². The van der Waals surface area contributed by atoms with E-state index in [9.17, 15) is 22.8 Å². The summed E-state index contributed by atoms with van der Waals surface area (Å²) in [4.78, 5) is 23.8. The van der Waals surface area contributed by atoms with Crippen LogP contribution in [0.4, 0.5) is 29.3 Å². The number of carbonyl (C=O) groups is 2. The molecule has 0 radical (unpaired) electrons.